The zero-order chi connectivity index (χ0) is 14.6. The Bertz CT molecular complexity index is 395. The molecule has 1 heterocycles. The molecule has 0 saturated carbocycles. The fourth-order valence-electron chi connectivity index (χ4n) is 1.62. The summed E-state index contributed by atoms with van der Waals surface area (Å²) in [5.41, 5.74) is 1.15. The van der Waals surface area contributed by atoms with Crippen LogP contribution in [0.15, 0.2) is 23.3 Å². The van der Waals surface area contributed by atoms with Gasteiger partial charge in [0, 0.05) is 39.5 Å². The molecule has 0 aliphatic carbocycles. The SMILES string of the molecule is CCNC(=NCCCOC)NCCc1ccc(Cl)nc1. The summed E-state index contributed by atoms with van der Waals surface area (Å²) in [6, 6.07) is 3.79. The summed E-state index contributed by atoms with van der Waals surface area (Å²) in [4.78, 5) is 8.54. The van der Waals surface area contributed by atoms with E-state index in [0.29, 0.717) is 5.15 Å². The largest absolute Gasteiger partial charge is 0.385 e. The van der Waals surface area contributed by atoms with E-state index in [4.69, 9.17) is 16.3 Å². The highest BCUT2D eigenvalue weighted by molar-refractivity contribution is 6.29. The molecule has 0 aliphatic heterocycles. The second-order valence-electron chi connectivity index (χ2n) is 4.27. The normalized spacial score (nSPS) is 11.4. The van der Waals surface area contributed by atoms with E-state index in [1.165, 1.54) is 0 Å². The van der Waals surface area contributed by atoms with Gasteiger partial charge < -0.3 is 15.4 Å². The van der Waals surface area contributed by atoms with Crippen molar-refractivity contribution in [3.05, 3.63) is 29.0 Å². The molecule has 0 aliphatic rings. The molecule has 0 fully saturated rings. The molecule has 0 bridgehead atoms. The highest BCUT2D eigenvalue weighted by atomic mass is 35.5. The van der Waals surface area contributed by atoms with Gasteiger partial charge in [0.1, 0.15) is 5.15 Å². The van der Waals surface area contributed by atoms with Gasteiger partial charge in [0.25, 0.3) is 0 Å². The Kier molecular flexibility index (Phi) is 8.74. The number of nitrogens with one attached hydrogen (secondary N) is 2. The molecule has 1 rings (SSSR count). The lowest BCUT2D eigenvalue weighted by molar-refractivity contribution is 0.197. The standard InChI is InChI=1S/C14H23ClN4O/c1-3-16-14(17-8-4-10-20-2)18-9-7-12-5-6-13(15)19-11-12/h5-6,11H,3-4,7-10H2,1-2H3,(H2,16,17,18). The lowest BCUT2D eigenvalue weighted by atomic mass is 10.2. The van der Waals surface area contributed by atoms with E-state index in [2.05, 4.69) is 27.5 Å². The molecule has 0 aromatic carbocycles. The van der Waals surface area contributed by atoms with Crippen molar-refractivity contribution in [1.82, 2.24) is 15.6 Å². The molecule has 0 saturated heterocycles. The predicted octanol–water partition coefficient (Wildman–Crippen LogP) is 1.87. The fourth-order valence-corrected chi connectivity index (χ4v) is 1.73. The number of pyridine rings is 1. The van der Waals surface area contributed by atoms with E-state index in [1.807, 2.05) is 6.07 Å². The van der Waals surface area contributed by atoms with Gasteiger partial charge in [-0.3, -0.25) is 4.99 Å². The molecular formula is C14H23ClN4O. The van der Waals surface area contributed by atoms with Crippen LogP contribution in [0.2, 0.25) is 5.15 Å². The number of guanidine groups is 1. The van der Waals surface area contributed by atoms with Crippen LogP contribution in [0.1, 0.15) is 18.9 Å². The first-order valence-electron chi connectivity index (χ1n) is 6.87. The number of hydrogen-bond acceptors (Lipinski definition) is 3. The van der Waals surface area contributed by atoms with Crippen LogP contribution in [0.3, 0.4) is 0 Å². The van der Waals surface area contributed by atoms with Crippen LogP contribution in [0, 0.1) is 0 Å². The summed E-state index contributed by atoms with van der Waals surface area (Å²) in [5, 5.41) is 7.04. The van der Waals surface area contributed by atoms with Gasteiger partial charge in [0.05, 0.1) is 0 Å². The zero-order valence-corrected chi connectivity index (χ0v) is 12.9. The molecule has 0 unspecified atom stereocenters. The molecule has 112 valence electrons. The maximum atomic E-state index is 5.75. The molecule has 20 heavy (non-hydrogen) atoms. The van der Waals surface area contributed by atoms with Gasteiger partial charge in [0.2, 0.25) is 0 Å². The monoisotopic (exact) mass is 298 g/mol. The minimum Gasteiger partial charge on any atom is -0.385 e. The quantitative estimate of drug-likeness (QED) is 0.333. The minimum absolute atomic E-state index is 0.523. The van der Waals surface area contributed by atoms with Crippen molar-refractivity contribution in [3.8, 4) is 0 Å². The van der Waals surface area contributed by atoms with E-state index < -0.39 is 0 Å². The Labute approximate surface area is 125 Å². The predicted molar refractivity (Wildman–Crippen MR) is 83.4 cm³/mol. The van der Waals surface area contributed by atoms with Crippen molar-refractivity contribution in [2.24, 2.45) is 4.99 Å². The summed E-state index contributed by atoms with van der Waals surface area (Å²) >= 11 is 5.75. The topological polar surface area (TPSA) is 58.5 Å². The van der Waals surface area contributed by atoms with Crippen molar-refractivity contribution in [3.63, 3.8) is 0 Å². The van der Waals surface area contributed by atoms with E-state index >= 15 is 0 Å². The van der Waals surface area contributed by atoms with Crippen LogP contribution < -0.4 is 10.6 Å². The number of ether oxygens (including phenoxy) is 1. The maximum absolute atomic E-state index is 5.75. The Morgan fingerprint density at radius 2 is 2.25 bits per heavy atom. The summed E-state index contributed by atoms with van der Waals surface area (Å²) in [5.74, 6) is 0.838. The Morgan fingerprint density at radius 1 is 1.40 bits per heavy atom. The molecule has 0 amide bonds. The van der Waals surface area contributed by atoms with Gasteiger partial charge in [0.15, 0.2) is 5.96 Å². The average Bonchev–Trinajstić information content (AvgIpc) is 2.45. The number of aromatic nitrogens is 1. The van der Waals surface area contributed by atoms with Crippen molar-refractivity contribution < 1.29 is 4.74 Å². The molecule has 5 nitrogen and oxygen atoms in total. The second kappa shape index (κ2) is 10.5. The average molecular weight is 299 g/mol. The van der Waals surface area contributed by atoms with E-state index in [-0.39, 0.29) is 0 Å². The number of halogens is 1. The van der Waals surface area contributed by atoms with Gasteiger partial charge in [-0.15, -0.1) is 0 Å². The first kappa shape index (κ1) is 16.7. The summed E-state index contributed by atoms with van der Waals surface area (Å²) in [7, 11) is 1.70. The number of rotatable bonds is 8. The van der Waals surface area contributed by atoms with Crippen molar-refractivity contribution in [1.29, 1.82) is 0 Å². The Balaban J connectivity index is 2.32. The summed E-state index contributed by atoms with van der Waals surface area (Å²) in [6.45, 7) is 5.19. The third-order valence-corrected chi connectivity index (χ3v) is 2.84. The molecule has 0 radical (unpaired) electrons. The molecule has 2 N–H and O–H groups in total. The van der Waals surface area contributed by atoms with Crippen LogP contribution in [0.4, 0.5) is 0 Å². The Morgan fingerprint density at radius 3 is 2.90 bits per heavy atom. The number of nitrogens with zero attached hydrogens (tertiary/aromatic N) is 2. The van der Waals surface area contributed by atoms with E-state index in [9.17, 15) is 0 Å². The molecule has 0 atom stereocenters. The molecule has 6 heteroatoms. The molecule has 1 aromatic heterocycles. The molecular weight excluding hydrogens is 276 g/mol. The second-order valence-corrected chi connectivity index (χ2v) is 4.66. The third-order valence-electron chi connectivity index (χ3n) is 2.62. The highest BCUT2D eigenvalue weighted by Gasteiger charge is 1.98. The zero-order valence-electron chi connectivity index (χ0n) is 12.2. The lowest BCUT2D eigenvalue weighted by Crippen LogP contribution is -2.38. The molecule has 0 spiro atoms. The molecule has 1 aromatic rings. The van der Waals surface area contributed by atoms with Crippen molar-refractivity contribution in [2.45, 2.75) is 19.8 Å². The highest BCUT2D eigenvalue weighted by Crippen LogP contribution is 2.05. The fraction of sp³-hybridized carbons (Fsp3) is 0.571. The number of aliphatic imine (C=N–C) groups is 1. The van der Waals surface area contributed by atoms with Crippen molar-refractivity contribution >= 4 is 17.6 Å². The van der Waals surface area contributed by atoms with Crippen LogP contribution >= 0.6 is 11.6 Å². The minimum atomic E-state index is 0.523. The lowest BCUT2D eigenvalue weighted by Gasteiger charge is -2.11. The van der Waals surface area contributed by atoms with Crippen molar-refractivity contribution in [2.75, 3.05) is 33.4 Å². The third kappa shape index (κ3) is 7.31. The Hall–Kier alpha value is -1.33. The van der Waals surface area contributed by atoms with Gasteiger partial charge in [-0.2, -0.15) is 0 Å². The van der Waals surface area contributed by atoms with Crippen LogP contribution in [0.25, 0.3) is 0 Å². The van der Waals surface area contributed by atoms with Gasteiger partial charge >= 0.3 is 0 Å². The first-order chi connectivity index (χ1) is 9.76. The number of hydrogen-bond donors (Lipinski definition) is 2. The van der Waals surface area contributed by atoms with Crippen LogP contribution in [-0.4, -0.2) is 44.3 Å². The van der Waals surface area contributed by atoms with Gasteiger partial charge in [-0.05, 0) is 31.4 Å². The van der Waals surface area contributed by atoms with E-state index in [1.54, 1.807) is 19.4 Å². The van der Waals surface area contributed by atoms with Crippen LogP contribution in [0.5, 0.6) is 0 Å². The van der Waals surface area contributed by atoms with Crippen LogP contribution in [-0.2, 0) is 11.2 Å². The summed E-state index contributed by atoms with van der Waals surface area (Å²) in [6.07, 6.45) is 3.60. The smallest absolute Gasteiger partial charge is 0.191 e. The first-order valence-corrected chi connectivity index (χ1v) is 7.25. The summed E-state index contributed by atoms with van der Waals surface area (Å²) < 4.78 is 5.00. The number of methoxy groups -OCH3 is 1. The van der Waals surface area contributed by atoms with Gasteiger partial charge in [-0.1, -0.05) is 17.7 Å². The maximum Gasteiger partial charge on any atom is 0.191 e. The van der Waals surface area contributed by atoms with E-state index in [0.717, 1.165) is 50.6 Å². The van der Waals surface area contributed by atoms with Gasteiger partial charge in [-0.25, -0.2) is 4.98 Å².